The van der Waals surface area contributed by atoms with Crippen molar-refractivity contribution in [3.8, 4) is 11.4 Å². The third kappa shape index (κ3) is 3.96. The second-order valence-corrected chi connectivity index (χ2v) is 9.52. The lowest BCUT2D eigenvalue weighted by molar-refractivity contribution is 0.714. The Kier molecular flexibility index (Phi) is 5.59. The van der Waals surface area contributed by atoms with Gasteiger partial charge in [0.15, 0.2) is 11.0 Å². The Morgan fingerprint density at radius 1 is 1.06 bits per heavy atom. The minimum atomic E-state index is -0.0873. The van der Waals surface area contributed by atoms with Gasteiger partial charge in [0, 0.05) is 22.8 Å². The van der Waals surface area contributed by atoms with Crippen LogP contribution in [0.4, 0.5) is 0 Å². The lowest BCUT2D eigenvalue weighted by atomic mass is 10.2. The smallest absolute Gasteiger partial charge is 0.259 e. The van der Waals surface area contributed by atoms with Crippen molar-refractivity contribution < 1.29 is 0 Å². The average Bonchev–Trinajstić information content (AvgIpc) is 3.33. The van der Waals surface area contributed by atoms with Crippen LogP contribution in [0.3, 0.4) is 0 Å². The van der Waals surface area contributed by atoms with Crippen molar-refractivity contribution in [3.05, 3.63) is 87.0 Å². The van der Waals surface area contributed by atoms with E-state index < -0.39 is 0 Å². The molecule has 0 fully saturated rings. The number of nitrogens with zero attached hydrogens (tertiary/aromatic N) is 5. The zero-order valence-electron chi connectivity index (χ0n) is 17.6. The number of aromatic nitrogens is 6. The molecule has 0 spiro atoms. The fourth-order valence-corrected chi connectivity index (χ4v) is 5.38. The van der Waals surface area contributed by atoms with E-state index in [0.717, 1.165) is 37.4 Å². The van der Waals surface area contributed by atoms with Crippen molar-refractivity contribution >= 4 is 33.3 Å². The number of rotatable bonds is 6. The molecule has 4 aromatic heterocycles. The zero-order valence-corrected chi connectivity index (χ0v) is 19.2. The standard InChI is InChI=1S/C23H20N6OS2/c1-14-15(2)32-22-19(14)21(30)25-18(26-22)13-31-23-28-27-20(17-8-10-24-11-9-17)29(23)12-16-6-4-3-5-7-16/h3-11H,12-13H2,1-2H3,(H,25,26,30). The highest BCUT2D eigenvalue weighted by atomic mass is 32.2. The van der Waals surface area contributed by atoms with Crippen molar-refractivity contribution in [1.82, 2.24) is 29.7 Å². The third-order valence-corrected chi connectivity index (χ3v) is 7.34. The van der Waals surface area contributed by atoms with Gasteiger partial charge in [0.2, 0.25) is 0 Å². The Labute approximate surface area is 192 Å². The molecule has 0 saturated heterocycles. The van der Waals surface area contributed by atoms with E-state index >= 15 is 0 Å². The third-order valence-electron chi connectivity index (χ3n) is 5.26. The summed E-state index contributed by atoms with van der Waals surface area (Å²) in [4.78, 5) is 26.2. The Balaban J connectivity index is 1.48. The van der Waals surface area contributed by atoms with Crippen molar-refractivity contribution in [2.45, 2.75) is 31.3 Å². The molecule has 0 atom stereocenters. The number of benzene rings is 1. The second-order valence-electron chi connectivity index (χ2n) is 7.38. The number of hydrogen-bond donors (Lipinski definition) is 1. The monoisotopic (exact) mass is 460 g/mol. The maximum atomic E-state index is 12.6. The number of hydrogen-bond acceptors (Lipinski definition) is 7. The van der Waals surface area contributed by atoms with Gasteiger partial charge < -0.3 is 4.98 Å². The van der Waals surface area contributed by atoms with E-state index in [4.69, 9.17) is 0 Å². The number of pyridine rings is 1. The van der Waals surface area contributed by atoms with Crippen LogP contribution in [0.2, 0.25) is 0 Å². The first-order valence-corrected chi connectivity index (χ1v) is 11.9. The van der Waals surface area contributed by atoms with E-state index in [1.54, 1.807) is 23.7 Å². The summed E-state index contributed by atoms with van der Waals surface area (Å²) < 4.78 is 2.09. The number of thiophene rings is 1. The molecule has 9 heteroatoms. The summed E-state index contributed by atoms with van der Waals surface area (Å²) in [7, 11) is 0. The molecule has 5 rings (SSSR count). The largest absolute Gasteiger partial charge is 0.309 e. The Hall–Kier alpha value is -3.30. The average molecular weight is 461 g/mol. The minimum absolute atomic E-state index is 0.0873. The first-order chi connectivity index (χ1) is 15.6. The predicted octanol–water partition coefficient (Wildman–Crippen LogP) is 4.60. The molecule has 0 aliphatic heterocycles. The van der Waals surface area contributed by atoms with Gasteiger partial charge in [0.25, 0.3) is 5.56 Å². The summed E-state index contributed by atoms with van der Waals surface area (Å²) in [6.45, 7) is 4.62. The fourth-order valence-electron chi connectivity index (χ4n) is 3.52. The summed E-state index contributed by atoms with van der Waals surface area (Å²) in [5, 5.41) is 10.4. The molecule has 7 nitrogen and oxygen atoms in total. The fraction of sp³-hybridized carbons (Fsp3) is 0.174. The minimum Gasteiger partial charge on any atom is -0.309 e. The Bertz CT molecular complexity index is 1440. The first kappa shape index (κ1) is 20.6. The number of H-pyrrole nitrogens is 1. The molecule has 0 amide bonds. The molecule has 0 unspecified atom stereocenters. The van der Waals surface area contributed by atoms with E-state index in [0.29, 0.717) is 23.5 Å². The molecule has 0 aliphatic rings. The van der Waals surface area contributed by atoms with Crippen LogP contribution in [-0.2, 0) is 12.3 Å². The number of fused-ring (bicyclic) bond motifs is 1. The van der Waals surface area contributed by atoms with Gasteiger partial charge in [-0.05, 0) is 37.1 Å². The lowest BCUT2D eigenvalue weighted by Crippen LogP contribution is -2.11. The summed E-state index contributed by atoms with van der Waals surface area (Å²) >= 11 is 3.06. The first-order valence-electron chi connectivity index (χ1n) is 10.1. The van der Waals surface area contributed by atoms with Gasteiger partial charge in [-0.15, -0.1) is 21.5 Å². The summed E-state index contributed by atoms with van der Waals surface area (Å²) in [6.07, 6.45) is 3.50. The number of nitrogens with one attached hydrogen (secondary N) is 1. The number of aryl methyl sites for hydroxylation is 2. The number of aromatic amines is 1. The molecule has 5 aromatic rings. The Morgan fingerprint density at radius 3 is 2.62 bits per heavy atom. The normalized spacial score (nSPS) is 11.3. The summed E-state index contributed by atoms with van der Waals surface area (Å²) in [5.41, 5.74) is 3.02. The molecular formula is C23H20N6OS2. The van der Waals surface area contributed by atoms with Crippen molar-refractivity contribution in [3.63, 3.8) is 0 Å². The molecular weight excluding hydrogens is 440 g/mol. The van der Waals surface area contributed by atoms with Gasteiger partial charge in [-0.25, -0.2) is 4.98 Å². The highest BCUT2D eigenvalue weighted by Crippen LogP contribution is 2.29. The summed E-state index contributed by atoms with van der Waals surface area (Å²) in [6, 6.07) is 14.1. The summed E-state index contributed by atoms with van der Waals surface area (Å²) in [5.74, 6) is 1.90. The molecule has 1 aromatic carbocycles. The quantitative estimate of drug-likeness (QED) is 0.373. The topological polar surface area (TPSA) is 89.3 Å². The van der Waals surface area contributed by atoms with E-state index in [9.17, 15) is 4.79 Å². The molecule has 1 N–H and O–H groups in total. The van der Waals surface area contributed by atoms with Gasteiger partial charge in [-0.3, -0.25) is 14.3 Å². The van der Waals surface area contributed by atoms with Crippen molar-refractivity contribution in [2.75, 3.05) is 0 Å². The molecule has 32 heavy (non-hydrogen) atoms. The van der Waals surface area contributed by atoms with Gasteiger partial charge in [-0.1, -0.05) is 42.1 Å². The number of thioether (sulfide) groups is 1. The van der Waals surface area contributed by atoms with E-state index in [1.807, 2.05) is 44.2 Å². The molecule has 4 heterocycles. The van der Waals surface area contributed by atoms with E-state index in [-0.39, 0.29) is 5.56 Å². The predicted molar refractivity (Wildman–Crippen MR) is 128 cm³/mol. The van der Waals surface area contributed by atoms with Gasteiger partial charge >= 0.3 is 0 Å². The maximum absolute atomic E-state index is 12.6. The van der Waals surface area contributed by atoms with Gasteiger partial charge in [-0.2, -0.15) is 0 Å². The van der Waals surface area contributed by atoms with Crippen molar-refractivity contribution in [1.29, 1.82) is 0 Å². The maximum Gasteiger partial charge on any atom is 0.259 e. The van der Waals surface area contributed by atoms with Gasteiger partial charge in [0.05, 0.1) is 17.7 Å². The molecule has 160 valence electrons. The van der Waals surface area contributed by atoms with Crippen molar-refractivity contribution in [2.24, 2.45) is 0 Å². The second kappa shape index (κ2) is 8.68. The van der Waals surface area contributed by atoms with Gasteiger partial charge in [0.1, 0.15) is 10.7 Å². The Morgan fingerprint density at radius 2 is 1.84 bits per heavy atom. The van der Waals surface area contributed by atoms with E-state index in [2.05, 4.69) is 41.8 Å². The van der Waals surface area contributed by atoms with Crippen LogP contribution in [0.25, 0.3) is 21.6 Å². The van der Waals surface area contributed by atoms with Crippen LogP contribution in [0, 0.1) is 13.8 Å². The molecule has 0 aliphatic carbocycles. The lowest BCUT2D eigenvalue weighted by Gasteiger charge is -2.10. The molecule has 0 radical (unpaired) electrons. The van der Waals surface area contributed by atoms with Crippen LogP contribution < -0.4 is 5.56 Å². The van der Waals surface area contributed by atoms with E-state index in [1.165, 1.54) is 11.8 Å². The van der Waals surface area contributed by atoms with Crippen LogP contribution in [0.15, 0.2) is 64.8 Å². The zero-order chi connectivity index (χ0) is 22.1. The molecule has 0 bridgehead atoms. The SMILES string of the molecule is Cc1sc2nc(CSc3nnc(-c4ccncc4)n3Cc3ccccc3)[nH]c(=O)c2c1C. The van der Waals surface area contributed by atoms with Crippen LogP contribution in [0.1, 0.15) is 21.8 Å². The van der Waals surface area contributed by atoms with Crippen LogP contribution >= 0.6 is 23.1 Å². The van der Waals surface area contributed by atoms with Crippen LogP contribution in [0.5, 0.6) is 0 Å². The highest BCUT2D eigenvalue weighted by Gasteiger charge is 2.17. The van der Waals surface area contributed by atoms with Crippen LogP contribution in [-0.4, -0.2) is 29.7 Å². The highest BCUT2D eigenvalue weighted by molar-refractivity contribution is 7.98. The molecule has 0 saturated carbocycles.